The molecule has 0 bridgehead atoms. The number of hydrogen-bond acceptors (Lipinski definition) is 3. The normalized spacial score (nSPS) is 11.9. The highest BCUT2D eigenvalue weighted by Crippen LogP contribution is 2.12. The largest absolute Gasteiger partial charge is 0.461 e. The highest BCUT2D eigenvalue weighted by molar-refractivity contribution is 5.69. The van der Waals surface area contributed by atoms with Crippen molar-refractivity contribution in [3.63, 3.8) is 0 Å². The van der Waals surface area contributed by atoms with Crippen LogP contribution >= 0.6 is 0 Å². The molecule has 128 valence electrons. The number of allylic oxidation sites excluding steroid dienone is 1. The Labute approximate surface area is 140 Å². The van der Waals surface area contributed by atoms with Crippen LogP contribution in [0.5, 0.6) is 0 Å². The first-order chi connectivity index (χ1) is 11.2. The molecule has 0 unspecified atom stereocenters. The van der Waals surface area contributed by atoms with Gasteiger partial charge < -0.3 is 9.84 Å². The van der Waals surface area contributed by atoms with Gasteiger partial charge in [-0.25, -0.2) is 0 Å². The number of ether oxygens (including phenoxy) is 1. The highest BCUT2D eigenvalue weighted by Gasteiger charge is 2.11. The predicted octanol–water partition coefficient (Wildman–Crippen LogP) is 4.79. The van der Waals surface area contributed by atoms with Gasteiger partial charge in [-0.3, -0.25) is 4.79 Å². The minimum atomic E-state index is -0.584. The number of aliphatic hydroxyl groups excluding tert-OH is 1. The summed E-state index contributed by atoms with van der Waals surface area (Å²) in [5, 5.41) is 9.88. The fraction of sp³-hybridized carbons (Fsp3) is 0.550. The molecule has 1 aromatic carbocycles. The molecule has 0 aromatic heterocycles. The Morgan fingerprint density at radius 1 is 1.09 bits per heavy atom. The zero-order valence-corrected chi connectivity index (χ0v) is 14.1. The van der Waals surface area contributed by atoms with Gasteiger partial charge in [0.25, 0.3) is 0 Å². The Kier molecular flexibility index (Phi) is 10.9. The van der Waals surface area contributed by atoms with Crippen LogP contribution in [0.4, 0.5) is 0 Å². The van der Waals surface area contributed by atoms with Gasteiger partial charge >= 0.3 is 5.97 Å². The monoisotopic (exact) mass is 318 g/mol. The van der Waals surface area contributed by atoms with E-state index in [2.05, 4.69) is 6.58 Å². The maximum Gasteiger partial charge on any atom is 0.308 e. The summed E-state index contributed by atoms with van der Waals surface area (Å²) in [4.78, 5) is 11.7. The van der Waals surface area contributed by atoms with Gasteiger partial charge in [0.05, 0.1) is 12.5 Å². The summed E-state index contributed by atoms with van der Waals surface area (Å²) in [5.74, 6) is -0.328. The van der Waals surface area contributed by atoms with Crippen LogP contribution in [-0.2, 0) is 16.1 Å². The third kappa shape index (κ3) is 10.7. The average molecular weight is 318 g/mol. The van der Waals surface area contributed by atoms with E-state index in [4.69, 9.17) is 4.74 Å². The number of unbranched alkanes of at least 4 members (excludes halogenated alkanes) is 6. The molecule has 0 saturated carbocycles. The van der Waals surface area contributed by atoms with E-state index in [9.17, 15) is 9.90 Å². The molecule has 0 aliphatic rings. The maximum atomic E-state index is 11.7. The topological polar surface area (TPSA) is 46.5 Å². The lowest BCUT2D eigenvalue weighted by molar-refractivity contribution is -0.147. The van der Waals surface area contributed by atoms with Crippen molar-refractivity contribution in [3.05, 3.63) is 48.6 Å². The van der Waals surface area contributed by atoms with Crippen molar-refractivity contribution in [2.24, 2.45) is 0 Å². The summed E-state index contributed by atoms with van der Waals surface area (Å²) in [6, 6.07) is 9.58. The Morgan fingerprint density at radius 3 is 2.43 bits per heavy atom. The Bertz CT molecular complexity index is 428. The molecule has 0 saturated heterocycles. The second kappa shape index (κ2) is 12.9. The Hall–Kier alpha value is -1.61. The maximum absolute atomic E-state index is 11.7. The van der Waals surface area contributed by atoms with Crippen LogP contribution < -0.4 is 0 Å². The van der Waals surface area contributed by atoms with Crippen molar-refractivity contribution in [2.45, 2.75) is 70.5 Å². The molecule has 0 aliphatic heterocycles. The van der Waals surface area contributed by atoms with E-state index < -0.39 is 6.10 Å². The number of rotatable bonds is 13. The molecule has 1 N–H and O–H groups in total. The van der Waals surface area contributed by atoms with Crippen molar-refractivity contribution in [3.8, 4) is 0 Å². The molecule has 0 radical (unpaired) electrons. The predicted molar refractivity (Wildman–Crippen MR) is 94.0 cm³/mol. The van der Waals surface area contributed by atoms with Crippen LogP contribution in [-0.4, -0.2) is 17.2 Å². The second-order valence-corrected chi connectivity index (χ2v) is 5.99. The fourth-order valence-corrected chi connectivity index (χ4v) is 2.47. The lowest BCUT2D eigenvalue weighted by Crippen LogP contribution is -2.15. The molecule has 1 aromatic rings. The van der Waals surface area contributed by atoms with E-state index in [-0.39, 0.29) is 19.0 Å². The number of benzene rings is 1. The molecule has 3 nitrogen and oxygen atoms in total. The molecule has 3 heteroatoms. The van der Waals surface area contributed by atoms with Crippen LogP contribution in [0.1, 0.15) is 63.4 Å². The van der Waals surface area contributed by atoms with Crippen LogP contribution in [0.2, 0.25) is 0 Å². The van der Waals surface area contributed by atoms with Crippen LogP contribution in [0.3, 0.4) is 0 Å². The van der Waals surface area contributed by atoms with Gasteiger partial charge in [-0.05, 0) is 24.8 Å². The summed E-state index contributed by atoms with van der Waals surface area (Å²) < 4.78 is 5.17. The van der Waals surface area contributed by atoms with Crippen molar-refractivity contribution in [1.82, 2.24) is 0 Å². The summed E-state index contributed by atoms with van der Waals surface area (Å²) in [6.45, 7) is 3.99. The van der Waals surface area contributed by atoms with E-state index in [0.717, 1.165) is 24.8 Å². The van der Waals surface area contributed by atoms with Gasteiger partial charge in [0, 0.05) is 0 Å². The number of esters is 1. The quantitative estimate of drug-likeness (QED) is 0.323. The number of aliphatic hydroxyl groups is 1. The second-order valence-electron chi connectivity index (χ2n) is 5.99. The highest BCUT2D eigenvalue weighted by atomic mass is 16.5. The van der Waals surface area contributed by atoms with Crippen molar-refractivity contribution in [2.75, 3.05) is 0 Å². The van der Waals surface area contributed by atoms with Crippen molar-refractivity contribution < 1.29 is 14.6 Å². The molecule has 0 fully saturated rings. The minimum absolute atomic E-state index is 0.0895. The van der Waals surface area contributed by atoms with Crippen molar-refractivity contribution in [1.29, 1.82) is 0 Å². The Morgan fingerprint density at radius 2 is 1.74 bits per heavy atom. The van der Waals surface area contributed by atoms with Crippen LogP contribution in [0.25, 0.3) is 0 Å². The average Bonchev–Trinajstić information content (AvgIpc) is 2.56. The molecule has 0 aliphatic carbocycles. The first-order valence-corrected chi connectivity index (χ1v) is 8.71. The number of hydrogen-bond donors (Lipinski definition) is 1. The first-order valence-electron chi connectivity index (χ1n) is 8.71. The summed E-state index contributed by atoms with van der Waals surface area (Å²) >= 11 is 0. The lowest BCUT2D eigenvalue weighted by atomic mass is 10.0. The zero-order valence-electron chi connectivity index (χ0n) is 14.1. The first kappa shape index (κ1) is 19.4. The van der Waals surface area contributed by atoms with Gasteiger partial charge in [-0.2, -0.15) is 0 Å². The molecular formula is C20H30O3. The van der Waals surface area contributed by atoms with E-state index in [1.54, 1.807) is 0 Å². The number of carbonyl (C=O) groups excluding carboxylic acids is 1. The van der Waals surface area contributed by atoms with Gasteiger partial charge in [0.2, 0.25) is 0 Å². The molecule has 0 heterocycles. The fourth-order valence-electron chi connectivity index (χ4n) is 2.47. The zero-order chi connectivity index (χ0) is 16.8. The van der Waals surface area contributed by atoms with Gasteiger partial charge in [0.15, 0.2) is 0 Å². The van der Waals surface area contributed by atoms with E-state index >= 15 is 0 Å². The standard InChI is InChI=1S/C20H30O3/c1-2-3-4-5-6-7-8-12-15-19(21)16-20(22)23-17-18-13-10-9-11-14-18/h2,9-11,13-14,19,21H,1,3-8,12,15-17H2/t19-/m0/s1. The van der Waals surface area contributed by atoms with Crippen LogP contribution in [0.15, 0.2) is 43.0 Å². The lowest BCUT2D eigenvalue weighted by Gasteiger charge is -2.10. The van der Waals surface area contributed by atoms with Crippen molar-refractivity contribution >= 4 is 5.97 Å². The Balaban J connectivity index is 1.99. The molecule has 1 atom stereocenters. The van der Waals surface area contributed by atoms with E-state index in [1.165, 1.54) is 25.7 Å². The minimum Gasteiger partial charge on any atom is -0.461 e. The summed E-state index contributed by atoms with van der Waals surface area (Å²) in [5.41, 5.74) is 0.965. The van der Waals surface area contributed by atoms with Gasteiger partial charge in [-0.15, -0.1) is 6.58 Å². The molecule has 23 heavy (non-hydrogen) atoms. The molecule has 0 spiro atoms. The molecular weight excluding hydrogens is 288 g/mol. The summed E-state index contributed by atoms with van der Waals surface area (Å²) in [6.07, 6.45) is 10.2. The van der Waals surface area contributed by atoms with E-state index in [0.29, 0.717) is 6.42 Å². The van der Waals surface area contributed by atoms with Crippen LogP contribution in [0, 0.1) is 0 Å². The molecule has 1 rings (SSSR count). The molecule has 0 amide bonds. The third-order valence-electron chi connectivity index (χ3n) is 3.84. The SMILES string of the molecule is C=CCCCCCCCC[C@H](O)CC(=O)OCc1ccccc1. The number of carbonyl (C=O) groups is 1. The van der Waals surface area contributed by atoms with Gasteiger partial charge in [0.1, 0.15) is 6.61 Å². The smallest absolute Gasteiger partial charge is 0.308 e. The van der Waals surface area contributed by atoms with Gasteiger partial charge in [-0.1, -0.05) is 68.5 Å². The summed E-state index contributed by atoms with van der Waals surface area (Å²) in [7, 11) is 0. The third-order valence-corrected chi connectivity index (χ3v) is 3.84. The van der Waals surface area contributed by atoms with E-state index in [1.807, 2.05) is 36.4 Å².